The van der Waals surface area contributed by atoms with Crippen LogP contribution >= 0.6 is 31.9 Å². The maximum Gasteiger partial charge on any atom is 0.232 e. The lowest BCUT2D eigenvalue weighted by atomic mass is 10.2. The number of nitrogens with zero attached hydrogens (tertiary/aromatic N) is 3. The van der Waals surface area contributed by atoms with Crippen LogP contribution in [0, 0.1) is 0 Å². The SMILES string of the molecule is O=C(c1cnccn1)c1ncc(Br)cc1Br. The molecule has 0 N–H and O–H groups in total. The molecule has 4 nitrogen and oxygen atoms in total. The molecule has 2 aromatic heterocycles. The van der Waals surface area contributed by atoms with E-state index in [4.69, 9.17) is 0 Å². The lowest BCUT2D eigenvalue weighted by molar-refractivity contribution is 0.102. The molecule has 6 heteroatoms. The molecule has 0 unspecified atom stereocenters. The Labute approximate surface area is 108 Å². The summed E-state index contributed by atoms with van der Waals surface area (Å²) in [7, 11) is 0. The third kappa shape index (κ3) is 2.33. The number of hydrogen-bond acceptors (Lipinski definition) is 4. The fourth-order valence-electron chi connectivity index (χ4n) is 1.12. The fraction of sp³-hybridized carbons (Fsp3) is 0. The summed E-state index contributed by atoms with van der Waals surface area (Å²) in [6, 6.07) is 1.76. The van der Waals surface area contributed by atoms with Crippen LogP contribution in [0.5, 0.6) is 0 Å². The van der Waals surface area contributed by atoms with Crippen LogP contribution in [-0.2, 0) is 0 Å². The van der Waals surface area contributed by atoms with E-state index in [1.54, 1.807) is 12.3 Å². The Hall–Kier alpha value is -1.14. The van der Waals surface area contributed by atoms with Crippen molar-refractivity contribution in [2.75, 3.05) is 0 Å². The molecule has 0 radical (unpaired) electrons. The second kappa shape index (κ2) is 4.80. The first-order chi connectivity index (χ1) is 7.68. The van der Waals surface area contributed by atoms with Gasteiger partial charge in [-0.05, 0) is 37.9 Å². The topological polar surface area (TPSA) is 55.7 Å². The molecule has 2 heterocycles. The summed E-state index contributed by atoms with van der Waals surface area (Å²) in [5, 5.41) is 0. The molecule has 0 amide bonds. The molecule has 0 saturated heterocycles. The average molecular weight is 343 g/mol. The van der Waals surface area contributed by atoms with Crippen LogP contribution in [0.25, 0.3) is 0 Å². The van der Waals surface area contributed by atoms with Crippen molar-refractivity contribution in [3.63, 3.8) is 0 Å². The number of carbonyl (C=O) groups excluding carboxylic acids is 1. The molecule has 2 aromatic rings. The molecule has 0 spiro atoms. The van der Waals surface area contributed by atoms with Crippen molar-refractivity contribution in [1.82, 2.24) is 15.0 Å². The van der Waals surface area contributed by atoms with Crippen molar-refractivity contribution in [2.45, 2.75) is 0 Å². The number of aromatic nitrogens is 3. The lowest BCUT2D eigenvalue weighted by Gasteiger charge is -2.01. The monoisotopic (exact) mass is 341 g/mol. The van der Waals surface area contributed by atoms with Crippen molar-refractivity contribution < 1.29 is 4.79 Å². The van der Waals surface area contributed by atoms with Crippen molar-refractivity contribution in [1.29, 1.82) is 0 Å². The van der Waals surface area contributed by atoms with Crippen LogP contribution < -0.4 is 0 Å². The van der Waals surface area contributed by atoms with Gasteiger partial charge in [0.15, 0.2) is 0 Å². The zero-order valence-corrected chi connectivity index (χ0v) is 11.1. The molecule has 0 atom stereocenters. The molecule has 0 aliphatic heterocycles. The first kappa shape index (κ1) is 11.3. The minimum absolute atomic E-state index is 0.257. The third-order valence-electron chi connectivity index (χ3n) is 1.82. The van der Waals surface area contributed by atoms with Crippen LogP contribution in [0.1, 0.15) is 16.2 Å². The number of ketones is 1. The molecular weight excluding hydrogens is 338 g/mol. The Morgan fingerprint density at radius 3 is 2.56 bits per heavy atom. The molecule has 16 heavy (non-hydrogen) atoms. The van der Waals surface area contributed by atoms with Gasteiger partial charge >= 0.3 is 0 Å². The highest BCUT2D eigenvalue weighted by atomic mass is 79.9. The van der Waals surface area contributed by atoms with E-state index < -0.39 is 0 Å². The standard InChI is InChI=1S/C10H5Br2N3O/c11-6-3-7(12)9(15-4-6)10(16)8-5-13-1-2-14-8/h1-5H. The van der Waals surface area contributed by atoms with Gasteiger partial charge in [0.1, 0.15) is 11.4 Å². The Bertz CT molecular complexity index is 531. The number of carbonyl (C=O) groups is 1. The van der Waals surface area contributed by atoms with Crippen LogP contribution in [0.3, 0.4) is 0 Å². The van der Waals surface area contributed by atoms with E-state index in [1.807, 2.05) is 0 Å². The minimum atomic E-state index is -0.257. The second-order valence-electron chi connectivity index (χ2n) is 2.90. The van der Waals surface area contributed by atoms with Gasteiger partial charge < -0.3 is 0 Å². The zero-order valence-electron chi connectivity index (χ0n) is 7.89. The number of hydrogen-bond donors (Lipinski definition) is 0. The van der Waals surface area contributed by atoms with Gasteiger partial charge in [-0.15, -0.1) is 0 Å². The Balaban J connectivity index is 2.42. The first-order valence-corrected chi connectivity index (χ1v) is 5.89. The summed E-state index contributed by atoms with van der Waals surface area (Å²) in [4.78, 5) is 23.8. The fourth-order valence-corrected chi connectivity index (χ4v) is 2.29. The predicted octanol–water partition coefficient (Wildman–Crippen LogP) is 2.63. The van der Waals surface area contributed by atoms with Gasteiger partial charge in [-0.1, -0.05) is 0 Å². The van der Waals surface area contributed by atoms with Gasteiger partial charge in [0.25, 0.3) is 0 Å². The van der Waals surface area contributed by atoms with Gasteiger partial charge in [0.05, 0.1) is 6.20 Å². The van der Waals surface area contributed by atoms with Gasteiger partial charge in [-0.25, -0.2) is 4.98 Å². The summed E-state index contributed by atoms with van der Waals surface area (Å²) < 4.78 is 1.42. The molecule has 2 rings (SSSR count). The maximum absolute atomic E-state index is 12.0. The first-order valence-electron chi connectivity index (χ1n) is 4.30. The Morgan fingerprint density at radius 1 is 1.12 bits per heavy atom. The van der Waals surface area contributed by atoms with E-state index in [1.165, 1.54) is 18.6 Å². The molecule has 0 aromatic carbocycles. The van der Waals surface area contributed by atoms with Crippen LogP contribution in [0.15, 0.2) is 39.8 Å². The maximum atomic E-state index is 12.0. The highest BCUT2D eigenvalue weighted by Gasteiger charge is 2.15. The largest absolute Gasteiger partial charge is 0.285 e. The van der Waals surface area contributed by atoms with Crippen molar-refractivity contribution in [2.24, 2.45) is 0 Å². The van der Waals surface area contributed by atoms with Crippen molar-refractivity contribution in [3.8, 4) is 0 Å². The number of rotatable bonds is 2. The highest BCUT2D eigenvalue weighted by Crippen LogP contribution is 2.21. The summed E-state index contributed by atoms with van der Waals surface area (Å²) >= 11 is 6.55. The van der Waals surface area contributed by atoms with Gasteiger partial charge in [0.2, 0.25) is 5.78 Å². The quantitative estimate of drug-likeness (QED) is 0.787. The minimum Gasteiger partial charge on any atom is -0.285 e. The summed E-state index contributed by atoms with van der Waals surface area (Å²) in [5.74, 6) is -0.257. The summed E-state index contributed by atoms with van der Waals surface area (Å²) in [5.41, 5.74) is 0.599. The summed E-state index contributed by atoms with van der Waals surface area (Å²) in [6.45, 7) is 0. The molecule has 0 fully saturated rings. The number of pyridine rings is 1. The van der Waals surface area contributed by atoms with Crippen LogP contribution in [0.4, 0.5) is 0 Å². The highest BCUT2D eigenvalue weighted by molar-refractivity contribution is 9.11. The lowest BCUT2D eigenvalue weighted by Crippen LogP contribution is -2.07. The van der Waals surface area contributed by atoms with E-state index in [2.05, 4.69) is 46.8 Å². The molecule has 80 valence electrons. The molecule has 0 aliphatic rings. The number of halogens is 2. The van der Waals surface area contributed by atoms with Crippen LogP contribution in [0.2, 0.25) is 0 Å². The van der Waals surface area contributed by atoms with Crippen molar-refractivity contribution >= 4 is 37.6 Å². The Morgan fingerprint density at radius 2 is 1.94 bits per heavy atom. The summed E-state index contributed by atoms with van der Waals surface area (Å²) in [6.07, 6.45) is 5.97. The van der Waals surface area contributed by atoms with E-state index in [9.17, 15) is 4.79 Å². The van der Waals surface area contributed by atoms with Gasteiger partial charge in [-0.2, -0.15) is 0 Å². The smallest absolute Gasteiger partial charge is 0.232 e. The van der Waals surface area contributed by atoms with E-state index in [0.29, 0.717) is 10.2 Å². The molecule has 0 aliphatic carbocycles. The Kier molecular flexibility index (Phi) is 3.40. The van der Waals surface area contributed by atoms with E-state index in [0.717, 1.165) is 4.47 Å². The third-order valence-corrected chi connectivity index (χ3v) is 2.86. The molecular formula is C10H5Br2N3O. The van der Waals surface area contributed by atoms with Gasteiger partial charge in [-0.3, -0.25) is 14.8 Å². The van der Waals surface area contributed by atoms with Crippen molar-refractivity contribution in [3.05, 3.63) is 51.2 Å². The second-order valence-corrected chi connectivity index (χ2v) is 4.67. The molecule has 0 saturated carbocycles. The molecule has 0 bridgehead atoms. The van der Waals surface area contributed by atoms with Crippen LogP contribution in [-0.4, -0.2) is 20.7 Å². The predicted molar refractivity (Wildman–Crippen MR) is 65.1 cm³/mol. The van der Waals surface area contributed by atoms with Gasteiger partial charge in [0, 0.05) is 27.5 Å². The van der Waals surface area contributed by atoms with E-state index in [-0.39, 0.29) is 11.5 Å². The van der Waals surface area contributed by atoms with E-state index >= 15 is 0 Å². The average Bonchev–Trinajstić information content (AvgIpc) is 2.29. The normalized spacial score (nSPS) is 10.1. The zero-order chi connectivity index (χ0) is 11.5.